The van der Waals surface area contributed by atoms with Gasteiger partial charge in [-0.25, -0.2) is 0 Å². The molecule has 1 aromatic heterocycles. The number of hydrogen-bond acceptors (Lipinski definition) is 3. The van der Waals surface area contributed by atoms with Crippen LogP contribution in [0.25, 0.3) is 0 Å². The van der Waals surface area contributed by atoms with E-state index in [1.165, 1.54) is 6.20 Å². The number of rotatable bonds is 5. The van der Waals surface area contributed by atoms with Crippen molar-refractivity contribution in [3.63, 3.8) is 0 Å². The zero-order chi connectivity index (χ0) is 15.6. The molecule has 112 valence electrons. The molecule has 2 aromatic rings. The van der Waals surface area contributed by atoms with E-state index in [0.29, 0.717) is 22.8 Å². The van der Waals surface area contributed by atoms with Crippen LogP contribution in [-0.2, 0) is 6.54 Å². The quantitative estimate of drug-likeness (QED) is 0.797. The van der Waals surface area contributed by atoms with E-state index in [9.17, 15) is 4.79 Å². The van der Waals surface area contributed by atoms with Crippen LogP contribution in [0.15, 0.2) is 24.4 Å². The van der Waals surface area contributed by atoms with E-state index in [0.717, 1.165) is 17.7 Å². The summed E-state index contributed by atoms with van der Waals surface area (Å²) in [6.07, 6.45) is 1.54. The summed E-state index contributed by atoms with van der Waals surface area (Å²) in [5.41, 5.74) is 3.23. The SMILES string of the molecule is Cc1ccc(C(=O)c2c(Cl)cnn2CCN(C)C)c(C)c1. The molecule has 0 spiro atoms. The predicted octanol–water partition coefficient (Wildman–Crippen LogP) is 2.95. The van der Waals surface area contributed by atoms with E-state index in [1.807, 2.05) is 51.0 Å². The topological polar surface area (TPSA) is 38.1 Å². The van der Waals surface area contributed by atoms with Crippen LogP contribution in [0.2, 0.25) is 5.02 Å². The Morgan fingerprint density at radius 3 is 2.67 bits per heavy atom. The molecule has 2 rings (SSSR count). The Hall–Kier alpha value is -1.65. The van der Waals surface area contributed by atoms with E-state index in [4.69, 9.17) is 11.6 Å². The smallest absolute Gasteiger partial charge is 0.212 e. The second-order valence-corrected chi connectivity index (χ2v) is 5.92. The maximum atomic E-state index is 12.8. The van der Waals surface area contributed by atoms with Crippen LogP contribution < -0.4 is 0 Å². The highest BCUT2D eigenvalue weighted by Gasteiger charge is 2.20. The molecule has 0 atom stereocenters. The number of nitrogens with zero attached hydrogens (tertiary/aromatic N) is 3. The normalized spacial score (nSPS) is 11.1. The molecule has 0 radical (unpaired) electrons. The van der Waals surface area contributed by atoms with E-state index in [-0.39, 0.29) is 5.78 Å². The van der Waals surface area contributed by atoms with Crippen molar-refractivity contribution in [2.75, 3.05) is 20.6 Å². The highest BCUT2D eigenvalue weighted by Crippen LogP contribution is 2.21. The minimum atomic E-state index is -0.0752. The number of ketones is 1. The molecule has 21 heavy (non-hydrogen) atoms. The zero-order valence-electron chi connectivity index (χ0n) is 12.9. The highest BCUT2D eigenvalue weighted by molar-refractivity contribution is 6.34. The van der Waals surface area contributed by atoms with Gasteiger partial charge < -0.3 is 4.90 Å². The Morgan fingerprint density at radius 2 is 2.05 bits per heavy atom. The fourth-order valence-corrected chi connectivity index (χ4v) is 2.48. The van der Waals surface area contributed by atoms with Crippen LogP contribution in [0, 0.1) is 13.8 Å². The highest BCUT2D eigenvalue weighted by atomic mass is 35.5. The molecule has 4 nitrogen and oxygen atoms in total. The minimum Gasteiger partial charge on any atom is -0.308 e. The standard InChI is InChI=1S/C16H20ClN3O/c1-11-5-6-13(12(2)9-11)16(21)15-14(17)10-18-20(15)8-7-19(3)4/h5-6,9-10H,7-8H2,1-4H3. The van der Waals surface area contributed by atoms with Gasteiger partial charge in [0, 0.05) is 12.1 Å². The molecule has 0 fully saturated rings. The lowest BCUT2D eigenvalue weighted by atomic mass is 10.0. The van der Waals surface area contributed by atoms with Crippen molar-refractivity contribution in [2.24, 2.45) is 0 Å². The number of halogens is 1. The van der Waals surface area contributed by atoms with Crippen LogP contribution in [0.3, 0.4) is 0 Å². The van der Waals surface area contributed by atoms with Crippen molar-refractivity contribution >= 4 is 17.4 Å². The number of aromatic nitrogens is 2. The van der Waals surface area contributed by atoms with Gasteiger partial charge in [-0.05, 0) is 33.5 Å². The number of likely N-dealkylation sites (N-methyl/N-ethyl adjacent to an activating group) is 1. The fourth-order valence-electron chi connectivity index (χ4n) is 2.25. The summed E-state index contributed by atoms with van der Waals surface area (Å²) < 4.78 is 1.68. The van der Waals surface area contributed by atoms with E-state index < -0.39 is 0 Å². The maximum absolute atomic E-state index is 12.8. The van der Waals surface area contributed by atoms with E-state index >= 15 is 0 Å². The Bertz CT molecular complexity index is 662. The summed E-state index contributed by atoms with van der Waals surface area (Å²) in [6, 6.07) is 5.79. The molecule has 0 amide bonds. The Balaban J connectivity index is 2.36. The Labute approximate surface area is 130 Å². The summed E-state index contributed by atoms with van der Waals surface area (Å²) in [6.45, 7) is 5.38. The molecule has 0 saturated carbocycles. The molecule has 0 aliphatic carbocycles. The van der Waals surface area contributed by atoms with Gasteiger partial charge in [-0.3, -0.25) is 9.48 Å². The largest absolute Gasteiger partial charge is 0.308 e. The maximum Gasteiger partial charge on any atom is 0.212 e. The Kier molecular flexibility index (Phi) is 4.80. The first kappa shape index (κ1) is 15.7. The van der Waals surface area contributed by atoms with Crippen molar-refractivity contribution in [2.45, 2.75) is 20.4 Å². The molecule has 0 saturated heterocycles. The molecular formula is C16H20ClN3O. The average molecular weight is 306 g/mol. The fraction of sp³-hybridized carbons (Fsp3) is 0.375. The lowest BCUT2D eigenvalue weighted by Gasteiger charge is -2.12. The molecule has 0 bridgehead atoms. The number of benzene rings is 1. The summed E-state index contributed by atoms with van der Waals surface area (Å²) in [7, 11) is 3.97. The van der Waals surface area contributed by atoms with Gasteiger partial charge in [-0.15, -0.1) is 0 Å². The van der Waals surface area contributed by atoms with Crippen molar-refractivity contribution in [1.82, 2.24) is 14.7 Å². The third-order valence-electron chi connectivity index (χ3n) is 3.40. The van der Waals surface area contributed by atoms with Crippen LogP contribution in [0.5, 0.6) is 0 Å². The molecule has 0 aliphatic rings. The third kappa shape index (κ3) is 3.52. The van der Waals surface area contributed by atoms with Crippen molar-refractivity contribution in [3.05, 3.63) is 51.8 Å². The van der Waals surface area contributed by atoms with Crippen molar-refractivity contribution < 1.29 is 4.79 Å². The number of carbonyl (C=O) groups excluding carboxylic acids is 1. The van der Waals surface area contributed by atoms with Crippen LogP contribution in [-0.4, -0.2) is 41.1 Å². The Morgan fingerprint density at radius 1 is 1.33 bits per heavy atom. The molecule has 1 aromatic carbocycles. The van der Waals surface area contributed by atoms with Gasteiger partial charge in [-0.2, -0.15) is 5.10 Å². The van der Waals surface area contributed by atoms with Gasteiger partial charge in [0.15, 0.2) is 0 Å². The van der Waals surface area contributed by atoms with Gasteiger partial charge >= 0.3 is 0 Å². The van der Waals surface area contributed by atoms with Crippen molar-refractivity contribution in [3.8, 4) is 0 Å². The molecule has 1 heterocycles. The minimum absolute atomic E-state index is 0.0752. The predicted molar refractivity (Wildman–Crippen MR) is 85.1 cm³/mol. The van der Waals surface area contributed by atoms with E-state index in [2.05, 4.69) is 5.10 Å². The van der Waals surface area contributed by atoms with Gasteiger partial charge in [-0.1, -0.05) is 35.4 Å². The zero-order valence-corrected chi connectivity index (χ0v) is 13.6. The van der Waals surface area contributed by atoms with Crippen LogP contribution in [0.1, 0.15) is 27.2 Å². The summed E-state index contributed by atoms with van der Waals surface area (Å²) in [5.74, 6) is -0.0752. The molecule has 0 N–H and O–H groups in total. The number of hydrogen-bond donors (Lipinski definition) is 0. The van der Waals surface area contributed by atoms with Crippen molar-refractivity contribution in [1.29, 1.82) is 0 Å². The first-order chi connectivity index (χ1) is 9.90. The van der Waals surface area contributed by atoms with Gasteiger partial charge in [0.1, 0.15) is 5.69 Å². The summed E-state index contributed by atoms with van der Waals surface area (Å²) >= 11 is 6.17. The summed E-state index contributed by atoms with van der Waals surface area (Å²) in [5, 5.41) is 4.62. The lowest BCUT2D eigenvalue weighted by Crippen LogP contribution is -2.22. The van der Waals surface area contributed by atoms with Gasteiger partial charge in [0.05, 0.1) is 17.8 Å². The first-order valence-electron chi connectivity index (χ1n) is 6.88. The average Bonchev–Trinajstić information content (AvgIpc) is 2.77. The molecule has 5 heteroatoms. The monoisotopic (exact) mass is 305 g/mol. The second-order valence-electron chi connectivity index (χ2n) is 5.52. The second kappa shape index (κ2) is 6.41. The number of aryl methyl sites for hydroxylation is 2. The van der Waals surface area contributed by atoms with Crippen LogP contribution in [0.4, 0.5) is 0 Å². The van der Waals surface area contributed by atoms with Crippen LogP contribution >= 0.6 is 11.6 Å². The van der Waals surface area contributed by atoms with Gasteiger partial charge in [0.2, 0.25) is 5.78 Å². The molecule has 0 aliphatic heterocycles. The number of carbonyl (C=O) groups is 1. The third-order valence-corrected chi connectivity index (χ3v) is 3.67. The molecule has 0 unspecified atom stereocenters. The van der Waals surface area contributed by atoms with E-state index in [1.54, 1.807) is 4.68 Å². The molecular weight excluding hydrogens is 286 g/mol. The lowest BCUT2D eigenvalue weighted by molar-refractivity contribution is 0.102. The summed E-state index contributed by atoms with van der Waals surface area (Å²) in [4.78, 5) is 14.8. The van der Waals surface area contributed by atoms with Gasteiger partial charge in [0.25, 0.3) is 0 Å². The first-order valence-corrected chi connectivity index (χ1v) is 7.26.